The molecule has 0 aliphatic carbocycles. The van der Waals surface area contributed by atoms with Crippen LogP contribution in [0.15, 0.2) is 24.3 Å². The highest BCUT2D eigenvalue weighted by Crippen LogP contribution is 2.37. The first-order chi connectivity index (χ1) is 52.6. The van der Waals surface area contributed by atoms with E-state index in [1.807, 2.05) is 6.08 Å². The van der Waals surface area contributed by atoms with Crippen LogP contribution in [0.1, 0.15) is 246 Å². The first-order valence-electron chi connectivity index (χ1n) is 41.1. The lowest BCUT2D eigenvalue weighted by Crippen LogP contribution is -2.70. The summed E-state index contributed by atoms with van der Waals surface area (Å²) in [7, 11) is 0. The van der Waals surface area contributed by atoms with Gasteiger partial charge in [-0.1, -0.05) is 205 Å². The quantitative estimate of drug-likeness (QED) is 0.0307. The molecule has 0 bridgehead atoms. The van der Waals surface area contributed by atoms with Crippen molar-refractivity contribution in [1.82, 2.24) is 16.0 Å². The van der Waals surface area contributed by atoms with Crippen molar-refractivity contribution in [3.63, 3.8) is 0 Å². The van der Waals surface area contributed by atoms with Crippen LogP contribution in [0.4, 0.5) is 0 Å². The Balaban J connectivity index is 1.16. The number of rotatable bonds is 56. The van der Waals surface area contributed by atoms with Gasteiger partial charge in [0.05, 0.1) is 51.8 Å². The maximum Gasteiger partial charge on any atom is 0.220 e. The maximum atomic E-state index is 13.5. The van der Waals surface area contributed by atoms with Crippen LogP contribution < -0.4 is 16.0 Å². The monoisotopic (exact) mass is 1570 g/mol. The van der Waals surface area contributed by atoms with Crippen LogP contribution in [0.5, 0.6) is 0 Å². The number of amides is 3. The van der Waals surface area contributed by atoms with E-state index in [1.54, 1.807) is 6.08 Å². The second-order valence-corrected chi connectivity index (χ2v) is 30.3. The van der Waals surface area contributed by atoms with Crippen molar-refractivity contribution in [3.05, 3.63) is 24.3 Å². The Labute approximate surface area is 645 Å². The molecule has 0 aromatic carbocycles. The molecule has 5 aliphatic rings. The fraction of sp³-hybridized carbons (Fsp3) is 0.910. The Hall–Kier alpha value is -3.11. The molecule has 27 atom stereocenters. The number of nitrogens with one attached hydrogen (secondary N) is 3. The van der Waals surface area contributed by atoms with E-state index in [2.05, 4.69) is 41.9 Å². The predicted octanol–water partition coefficient (Wildman–Crippen LogP) is 2.65. The summed E-state index contributed by atoms with van der Waals surface area (Å²) in [6.45, 7) is 1.40. The van der Waals surface area contributed by atoms with E-state index >= 15 is 0 Å². The summed E-state index contributed by atoms with van der Waals surface area (Å²) in [5.74, 6) is -1.90. The average Bonchev–Trinajstić information content (AvgIpc) is 0.771. The first kappa shape index (κ1) is 96.5. The molecule has 0 saturated carbocycles. The van der Waals surface area contributed by atoms with Crippen molar-refractivity contribution in [2.45, 2.75) is 412 Å². The molecule has 5 rings (SSSR count). The molecule has 0 radical (unpaired) electrons. The fourth-order valence-electron chi connectivity index (χ4n) is 14.7. The molecule has 0 spiro atoms. The van der Waals surface area contributed by atoms with E-state index in [0.29, 0.717) is 12.8 Å². The van der Waals surface area contributed by atoms with Crippen LogP contribution in [-0.4, -0.2) is 300 Å². The van der Waals surface area contributed by atoms with Gasteiger partial charge in [-0.15, -0.1) is 0 Å². The minimum absolute atomic E-state index is 0.192. The van der Waals surface area contributed by atoms with Gasteiger partial charge in [0.1, 0.15) is 122 Å². The summed E-state index contributed by atoms with van der Waals surface area (Å²) in [6, 6.07) is -4.38. The number of ether oxygens (including phenoxy) is 10. The van der Waals surface area contributed by atoms with Gasteiger partial charge in [-0.05, 0) is 44.9 Å². The zero-order valence-electron chi connectivity index (χ0n) is 65.2. The molecular formula is C78H141N3O28. The smallest absolute Gasteiger partial charge is 0.220 e. The van der Waals surface area contributed by atoms with Crippen molar-refractivity contribution in [1.29, 1.82) is 0 Å². The molecule has 636 valence electrons. The molecule has 31 nitrogen and oxygen atoms in total. The standard InChI is InChI=1S/C78H141N3O28/c1-5-7-9-11-13-15-17-19-20-21-22-23-24-25-26-27-28-30-32-34-36-38-40-42-58(90)81-51(52(89)41-39-37-35-33-31-29-18-16-14-12-10-8-6-2)48-100-76-67(97)65(95)71(56(46-85)104-76)107-77-68(98)66(96)70(57(47-86)105-77)106-75-60(80-50(4)88)72(62(92)54(44-83)102-75)108-78-69(99)73(63(93)55(45-84)103-78)109-74-59(79-49(3)87)64(94)61(91)53(43-82)101-74/h19-20,39,41,51-57,59-78,82-86,89,91-99H,5-18,21-38,40,42-48H2,1-4H3,(H,79,87)(H,80,88)(H,81,90)/b20-19-,41-39+/t51-,52+,53?,54?,55?,56?,57?,59?,60?,61+,62-,63-,64+,65+,66+,67?,68?,69?,70-,71+,72+,73-,74-,75-,76+,77-,78-/m0/s1. The second-order valence-electron chi connectivity index (χ2n) is 30.3. The number of carbonyl (C=O) groups excluding carboxylic acids is 3. The van der Waals surface area contributed by atoms with E-state index < -0.39 is 217 Å². The summed E-state index contributed by atoms with van der Waals surface area (Å²) in [5, 5.41) is 174. The van der Waals surface area contributed by atoms with Crippen LogP contribution in [0, 0.1) is 0 Å². The number of aliphatic hydroxyl groups is 15. The zero-order valence-corrected chi connectivity index (χ0v) is 65.2. The molecule has 5 fully saturated rings. The maximum absolute atomic E-state index is 13.5. The molecule has 5 aliphatic heterocycles. The third-order valence-electron chi connectivity index (χ3n) is 21.3. The molecule has 5 heterocycles. The van der Waals surface area contributed by atoms with Crippen LogP contribution in [0.2, 0.25) is 0 Å². The average molecular weight is 1570 g/mol. The van der Waals surface area contributed by atoms with Gasteiger partial charge in [-0.25, -0.2) is 0 Å². The lowest BCUT2D eigenvalue weighted by atomic mass is 9.94. The Morgan fingerprint density at radius 3 is 1.16 bits per heavy atom. The molecular weight excluding hydrogens is 1430 g/mol. The topological polar surface area (TPSA) is 483 Å². The highest BCUT2D eigenvalue weighted by atomic mass is 16.8. The Bertz CT molecular complexity index is 2460. The lowest BCUT2D eigenvalue weighted by Gasteiger charge is -2.50. The van der Waals surface area contributed by atoms with Crippen molar-refractivity contribution in [2.75, 3.05) is 39.6 Å². The Morgan fingerprint density at radius 2 is 0.697 bits per heavy atom. The zero-order chi connectivity index (χ0) is 79.6. The number of unbranched alkanes of at least 4 members (excludes halogenated alkanes) is 30. The van der Waals surface area contributed by atoms with Crippen LogP contribution in [-0.2, 0) is 61.8 Å². The SMILES string of the molecule is CCCCCCCC/C=C\CCCCCCCCCCCCCCCC(=O)N[C@@H](CO[C@@H]1OC(CO)[C@@H](O[C@@H]2OC(CO)[C@H](O[C@@H]3OC(CO)[C@H](O)[C@H](O[C@@H]4OC(CO)[C@H](O)[C@H](O[C@@H]5OC(CO)[C@@H](O)[C@H](O)C5NC(C)=O)C4O)C3NC(C)=O)[C@H](O)C2O)[C@H](O)C1O)[C@H](O)/C=C/CCCCCCCCCCCCC. The summed E-state index contributed by atoms with van der Waals surface area (Å²) < 4.78 is 59.2. The van der Waals surface area contributed by atoms with E-state index in [0.717, 1.165) is 65.2 Å². The van der Waals surface area contributed by atoms with Gasteiger partial charge in [-0.3, -0.25) is 14.4 Å². The first-order valence-corrected chi connectivity index (χ1v) is 41.1. The van der Waals surface area contributed by atoms with Crippen molar-refractivity contribution in [3.8, 4) is 0 Å². The number of aliphatic hydroxyl groups excluding tert-OH is 15. The van der Waals surface area contributed by atoms with Gasteiger partial charge in [-0.2, -0.15) is 0 Å². The summed E-state index contributed by atoms with van der Waals surface area (Å²) in [6.07, 6.45) is 3.02. The van der Waals surface area contributed by atoms with E-state index in [-0.39, 0.29) is 12.3 Å². The number of allylic oxidation sites excluding steroid dienone is 3. The third-order valence-corrected chi connectivity index (χ3v) is 21.3. The number of hydrogen-bond donors (Lipinski definition) is 18. The van der Waals surface area contributed by atoms with Crippen LogP contribution >= 0.6 is 0 Å². The van der Waals surface area contributed by atoms with Gasteiger partial charge in [0.2, 0.25) is 17.7 Å². The van der Waals surface area contributed by atoms with Gasteiger partial charge in [0.15, 0.2) is 31.5 Å². The Kier molecular flexibility index (Phi) is 48.4. The molecule has 18 N–H and O–H groups in total. The minimum atomic E-state index is -2.17. The molecule has 3 amide bonds. The number of hydrogen-bond acceptors (Lipinski definition) is 28. The summed E-state index contributed by atoms with van der Waals surface area (Å²) in [4.78, 5) is 38.7. The van der Waals surface area contributed by atoms with Gasteiger partial charge < -0.3 is 140 Å². The molecule has 0 aromatic rings. The van der Waals surface area contributed by atoms with Crippen LogP contribution in [0.3, 0.4) is 0 Å². The largest absolute Gasteiger partial charge is 0.394 e. The van der Waals surface area contributed by atoms with Gasteiger partial charge in [0.25, 0.3) is 0 Å². The normalized spacial score (nSPS) is 33.7. The van der Waals surface area contributed by atoms with Gasteiger partial charge in [0, 0.05) is 20.3 Å². The third kappa shape index (κ3) is 32.8. The molecule has 109 heavy (non-hydrogen) atoms. The molecule has 0 aromatic heterocycles. The van der Waals surface area contributed by atoms with Crippen molar-refractivity contribution >= 4 is 17.7 Å². The van der Waals surface area contributed by atoms with E-state index in [4.69, 9.17) is 47.4 Å². The van der Waals surface area contributed by atoms with E-state index in [1.165, 1.54) is 148 Å². The van der Waals surface area contributed by atoms with Crippen molar-refractivity contribution < 1.29 is 138 Å². The van der Waals surface area contributed by atoms with Crippen molar-refractivity contribution in [2.24, 2.45) is 0 Å². The highest BCUT2D eigenvalue weighted by molar-refractivity contribution is 5.76. The second kappa shape index (κ2) is 54.7. The highest BCUT2D eigenvalue weighted by Gasteiger charge is 2.57. The minimum Gasteiger partial charge on any atom is -0.394 e. The van der Waals surface area contributed by atoms with Gasteiger partial charge >= 0.3 is 0 Å². The van der Waals surface area contributed by atoms with Crippen LogP contribution in [0.25, 0.3) is 0 Å². The molecule has 10 unspecified atom stereocenters. The Morgan fingerprint density at radius 1 is 0.358 bits per heavy atom. The molecule has 31 heteroatoms. The summed E-state index contributed by atoms with van der Waals surface area (Å²) in [5.41, 5.74) is 0. The lowest BCUT2D eigenvalue weighted by molar-refractivity contribution is -0.383. The number of carbonyl (C=O) groups is 3. The predicted molar refractivity (Wildman–Crippen MR) is 398 cm³/mol. The summed E-state index contributed by atoms with van der Waals surface area (Å²) >= 11 is 0. The van der Waals surface area contributed by atoms with E-state index in [9.17, 15) is 91.0 Å². The fourth-order valence-corrected chi connectivity index (χ4v) is 14.7. The molecule has 5 saturated heterocycles.